The molecule has 2 aliphatic heterocycles. The first-order chi connectivity index (χ1) is 15.1. The van der Waals surface area contributed by atoms with Gasteiger partial charge in [0.15, 0.2) is 0 Å². The maximum atomic E-state index is 12.9. The van der Waals surface area contributed by atoms with Gasteiger partial charge in [-0.05, 0) is 17.7 Å². The van der Waals surface area contributed by atoms with Gasteiger partial charge in [0, 0.05) is 32.4 Å². The molecule has 2 N–H and O–H groups in total. The SMILES string of the molecule is COc1ccc2c(c1)C(=O)N(C[C@@]1(C#Cc3cn(C)c(=O)n(C)c3=O)NC(=O)NC1=O)C2. The van der Waals surface area contributed by atoms with Gasteiger partial charge in [0.25, 0.3) is 17.4 Å². The van der Waals surface area contributed by atoms with E-state index in [1.807, 2.05) is 0 Å². The van der Waals surface area contributed by atoms with Gasteiger partial charge in [-0.3, -0.25) is 24.3 Å². The number of imide groups is 1. The molecule has 4 amide bonds. The van der Waals surface area contributed by atoms with E-state index >= 15 is 0 Å². The monoisotopic (exact) mass is 437 g/mol. The van der Waals surface area contributed by atoms with Crippen molar-refractivity contribution in [1.29, 1.82) is 0 Å². The number of aromatic nitrogens is 2. The van der Waals surface area contributed by atoms with Crippen LogP contribution in [0.3, 0.4) is 0 Å². The van der Waals surface area contributed by atoms with Crippen LogP contribution in [-0.4, -0.2) is 51.1 Å². The lowest BCUT2D eigenvalue weighted by Gasteiger charge is -2.26. The molecule has 4 rings (SSSR count). The van der Waals surface area contributed by atoms with Crippen LogP contribution in [0.25, 0.3) is 0 Å². The van der Waals surface area contributed by atoms with E-state index < -0.39 is 28.7 Å². The van der Waals surface area contributed by atoms with Gasteiger partial charge >= 0.3 is 11.7 Å². The summed E-state index contributed by atoms with van der Waals surface area (Å²) in [7, 11) is 4.26. The van der Waals surface area contributed by atoms with Crippen molar-refractivity contribution in [2.24, 2.45) is 14.1 Å². The lowest BCUT2D eigenvalue weighted by molar-refractivity contribution is -0.122. The van der Waals surface area contributed by atoms with Crippen LogP contribution < -0.4 is 26.6 Å². The van der Waals surface area contributed by atoms with E-state index in [1.54, 1.807) is 18.2 Å². The summed E-state index contributed by atoms with van der Waals surface area (Å²) in [6.07, 6.45) is 1.25. The van der Waals surface area contributed by atoms with Crippen LogP contribution in [0, 0.1) is 11.8 Å². The van der Waals surface area contributed by atoms with Gasteiger partial charge in [-0.2, -0.15) is 0 Å². The summed E-state index contributed by atoms with van der Waals surface area (Å²) in [6, 6.07) is 4.33. The zero-order chi connectivity index (χ0) is 23.2. The maximum Gasteiger partial charge on any atom is 0.330 e. The minimum atomic E-state index is -1.77. The smallest absolute Gasteiger partial charge is 0.330 e. The molecule has 2 aliphatic rings. The number of rotatable bonds is 3. The summed E-state index contributed by atoms with van der Waals surface area (Å²) in [4.78, 5) is 63.2. The molecule has 11 nitrogen and oxygen atoms in total. The zero-order valence-corrected chi connectivity index (χ0v) is 17.5. The molecule has 0 bridgehead atoms. The molecule has 164 valence electrons. The van der Waals surface area contributed by atoms with E-state index in [2.05, 4.69) is 22.5 Å². The summed E-state index contributed by atoms with van der Waals surface area (Å²) in [5.74, 6) is 4.71. The van der Waals surface area contributed by atoms with E-state index in [4.69, 9.17) is 4.74 Å². The van der Waals surface area contributed by atoms with Crippen LogP contribution in [0.5, 0.6) is 5.75 Å². The van der Waals surface area contributed by atoms with Crippen molar-refractivity contribution in [3.63, 3.8) is 0 Å². The highest BCUT2D eigenvalue weighted by Gasteiger charge is 2.48. The van der Waals surface area contributed by atoms with Crippen LogP contribution in [-0.2, 0) is 25.4 Å². The highest BCUT2D eigenvalue weighted by Crippen LogP contribution is 2.28. The molecule has 11 heteroatoms. The zero-order valence-electron chi connectivity index (χ0n) is 17.5. The Balaban J connectivity index is 1.72. The summed E-state index contributed by atoms with van der Waals surface area (Å²) in [5.41, 5.74) is -1.79. The Morgan fingerprint density at radius 1 is 1.16 bits per heavy atom. The average Bonchev–Trinajstić information content (AvgIpc) is 3.22. The van der Waals surface area contributed by atoms with Crippen molar-refractivity contribution < 1.29 is 19.1 Å². The summed E-state index contributed by atoms with van der Waals surface area (Å²) < 4.78 is 7.23. The maximum absolute atomic E-state index is 12.9. The first-order valence-corrected chi connectivity index (χ1v) is 9.55. The largest absolute Gasteiger partial charge is 0.497 e. The van der Waals surface area contributed by atoms with Crippen LogP contribution in [0.15, 0.2) is 34.0 Å². The van der Waals surface area contributed by atoms with E-state index in [-0.39, 0.29) is 24.6 Å². The Kier molecular flexibility index (Phi) is 4.85. The second-order valence-electron chi connectivity index (χ2n) is 7.55. The second-order valence-corrected chi connectivity index (χ2v) is 7.55. The minimum Gasteiger partial charge on any atom is -0.497 e. The molecule has 3 heterocycles. The molecule has 1 aromatic heterocycles. The number of hydrogen-bond donors (Lipinski definition) is 2. The fourth-order valence-electron chi connectivity index (χ4n) is 3.68. The third kappa shape index (κ3) is 3.31. The van der Waals surface area contributed by atoms with Gasteiger partial charge in [-0.1, -0.05) is 17.9 Å². The van der Waals surface area contributed by atoms with Crippen molar-refractivity contribution in [3.8, 4) is 17.6 Å². The predicted molar refractivity (Wildman–Crippen MR) is 111 cm³/mol. The fourth-order valence-corrected chi connectivity index (χ4v) is 3.68. The van der Waals surface area contributed by atoms with Gasteiger partial charge in [-0.15, -0.1) is 0 Å². The summed E-state index contributed by atoms with van der Waals surface area (Å²) in [5, 5.41) is 4.61. The number of fused-ring (bicyclic) bond motifs is 1. The highest BCUT2D eigenvalue weighted by molar-refractivity contribution is 6.10. The molecule has 0 saturated carbocycles. The summed E-state index contributed by atoms with van der Waals surface area (Å²) >= 11 is 0. The number of nitrogens with zero attached hydrogens (tertiary/aromatic N) is 3. The van der Waals surface area contributed by atoms with E-state index in [0.29, 0.717) is 11.3 Å². The molecule has 0 spiro atoms. The standard InChI is InChI=1S/C21H19N5O6/c1-24-9-13(16(27)25(2)20(24)31)6-7-21(18(29)22-19(30)23-21)11-26-10-12-4-5-14(32-3)8-15(12)17(26)28/h4-5,8-9H,10-11H2,1-3H3,(H2,22,23,29,30)/t21-/m1/s1. The third-order valence-corrected chi connectivity index (χ3v) is 5.42. The van der Waals surface area contributed by atoms with E-state index in [9.17, 15) is 24.0 Å². The number of hydrogen-bond acceptors (Lipinski definition) is 6. The second kappa shape index (κ2) is 7.42. The molecular formula is C21H19N5O6. The van der Waals surface area contributed by atoms with Crippen LogP contribution in [0.1, 0.15) is 21.5 Å². The van der Waals surface area contributed by atoms with Crippen molar-refractivity contribution in [3.05, 3.63) is 61.9 Å². The first-order valence-electron chi connectivity index (χ1n) is 9.55. The normalized spacial score (nSPS) is 19.2. The van der Waals surface area contributed by atoms with E-state index in [1.165, 1.54) is 36.9 Å². The summed E-state index contributed by atoms with van der Waals surface area (Å²) in [6.45, 7) is -0.0220. The van der Waals surface area contributed by atoms with Gasteiger partial charge in [0.1, 0.15) is 11.3 Å². The Morgan fingerprint density at radius 2 is 1.91 bits per heavy atom. The molecular weight excluding hydrogens is 418 g/mol. The van der Waals surface area contributed by atoms with Gasteiger partial charge in [0.05, 0.1) is 13.7 Å². The number of nitrogens with one attached hydrogen (secondary N) is 2. The lowest BCUT2D eigenvalue weighted by Crippen LogP contribution is -2.54. The molecule has 1 fully saturated rings. The van der Waals surface area contributed by atoms with E-state index in [0.717, 1.165) is 10.1 Å². The number of benzene rings is 1. The topological polar surface area (TPSA) is 132 Å². The quantitative estimate of drug-likeness (QED) is 0.452. The Hall–Kier alpha value is -4.33. The van der Waals surface area contributed by atoms with Crippen molar-refractivity contribution in [2.75, 3.05) is 13.7 Å². The molecule has 0 radical (unpaired) electrons. The first kappa shape index (κ1) is 20.9. The van der Waals surface area contributed by atoms with Crippen LogP contribution in [0.2, 0.25) is 0 Å². The van der Waals surface area contributed by atoms with Crippen molar-refractivity contribution in [1.82, 2.24) is 24.7 Å². The van der Waals surface area contributed by atoms with Crippen molar-refractivity contribution in [2.45, 2.75) is 12.1 Å². The predicted octanol–water partition coefficient (Wildman–Crippen LogP) is -1.32. The number of carbonyl (C=O) groups excluding carboxylic acids is 3. The number of carbonyl (C=O) groups is 3. The van der Waals surface area contributed by atoms with Crippen LogP contribution >= 0.6 is 0 Å². The number of methoxy groups -OCH3 is 1. The molecule has 0 unspecified atom stereocenters. The molecule has 1 saturated heterocycles. The minimum absolute atomic E-state index is 0.0382. The number of ether oxygens (including phenoxy) is 1. The van der Waals surface area contributed by atoms with Crippen LogP contribution in [0.4, 0.5) is 4.79 Å². The van der Waals surface area contributed by atoms with Crippen molar-refractivity contribution >= 4 is 17.8 Å². The molecule has 32 heavy (non-hydrogen) atoms. The Morgan fingerprint density at radius 3 is 2.56 bits per heavy atom. The molecule has 1 atom stereocenters. The molecule has 0 aliphatic carbocycles. The highest BCUT2D eigenvalue weighted by atomic mass is 16.5. The fraction of sp³-hybridized carbons (Fsp3) is 0.286. The molecule has 2 aromatic rings. The Bertz CT molecular complexity index is 1360. The molecule has 1 aromatic carbocycles. The van der Waals surface area contributed by atoms with Gasteiger partial charge in [0.2, 0.25) is 5.54 Å². The van der Waals surface area contributed by atoms with Gasteiger partial charge in [-0.25, -0.2) is 9.59 Å². The average molecular weight is 437 g/mol. The number of aryl methyl sites for hydroxylation is 1. The third-order valence-electron chi connectivity index (χ3n) is 5.42. The van der Waals surface area contributed by atoms with Gasteiger partial charge < -0.3 is 19.5 Å². The Labute approximate surface area is 181 Å². The lowest BCUT2D eigenvalue weighted by atomic mass is 9.99. The number of urea groups is 1. The number of amides is 4.